The van der Waals surface area contributed by atoms with Crippen LogP contribution in [0.25, 0.3) is 0 Å². The average Bonchev–Trinajstić information content (AvgIpc) is 1.96. The van der Waals surface area contributed by atoms with Crippen LogP contribution in [0, 0.1) is 18.6 Å². The molecule has 0 amide bonds. The van der Waals surface area contributed by atoms with Crippen LogP contribution in [-0.2, 0) is 0 Å². The van der Waals surface area contributed by atoms with Gasteiger partial charge in [-0.3, -0.25) is 0 Å². The molecule has 0 aliphatic heterocycles. The molecule has 2 N–H and O–H groups in total. The lowest BCUT2D eigenvalue weighted by molar-refractivity contribution is 0.422. The maximum absolute atomic E-state index is 12.9. The molecule has 0 aromatic heterocycles. The van der Waals surface area contributed by atoms with E-state index in [1.54, 1.807) is 0 Å². The Labute approximate surface area is 68.6 Å². The molecule has 0 saturated heterocycles. The van der Waals surface area contributed by atoms with Gasteiger partial charge in [0.05, 0.1) is 0 Å². The van der Waals surface area contributed by atoms with E-state index in [2.05, 4.69) is 0 Å². The van der Waals surface area contributed by atoms with E-state index in [1.165, 1.54) is 6.92 Å². The molecule has 2 nitrogen and oxygen atoms in total. The van der Waals surface area contributed by atoms with E-state index in [0.29, 0.717) is 0 Å². The SMILES string of the molecule is Cc1cc(F)cc(B(O)O)c1F. The molecule has 0 radical (unpaired) electrons. The Morgan fingerprint density at radius 1 is 1.25 bits per heavy atom. The van der Waals surface area contributed by atoms with Crippen molar-refractivity contribution in [1.82, 2.24) is 0 Å². The number of benzene rings is 1. The Bertz CT molecular complexity index is 302. The third-order valence-electron chi connectivity index (χ3n) is 1.53. The number of hydrogen-bond acceptors (Lipinski definition) is 2. The molecule has 0 aliphatic rings. The van der Waals surface area contributed by atoms with E-state index in [1.807, 2.05) is 0 Å². The fourth-order valence-electron chi connectivity index (χ4n) is 0.939. The number of hydrogen-bond donors (Lipinski definition) is 2. The minimum absolute atomic E-state index is 0.0538. The zero-order valence-corrected chi connectivity index (χ0v) is 6.38. The molecule has 0 bridgehead atoms. The summed E-state index contributed by atoms with van der Waals surface area (Å²) in [5.41, 5.74) is -0.384. The standard InChI is InChI=1S/C7H7BF2O2/c1-4-2-5(9)3-6(7(4)10)8(11)12/h2-3,11-12H,1H3. The van der Waals surface area contributed by atoms with Crippen LogP contribution in [0.3, 0.4) is 0 Å². The Balaban J connectivity index is 3.28. The van der Waals surface area contributed by atoms with Gasteiger partial charge in [0.2, 0.25) is 0 Å². The Morgan fingerprint density at radius 3 is 2.33 bits per heavy atom. The summed E-state index contributed by atoms with van der Waals surface area (Å²) in [6, 6.07) is 1.74. The van der Waals surface area contributed by atoms with Gasteiger partial charge in [-0.2, -0.15) is 0 Å². The van der Waals surface area contributed by atoms with Crippen molar-refractivity contribution >= 4 is 12.6 Å². The predicted molar refractivity (Wildman–Crippen MR) is 40.9 cm³/mol. The highest BCUT2D eigenvalue weighted by atomic mass is 19.1. The van der Waals surface area contributed by atoms with Crippen molar-refractivity contribution in [3.8, 4) is 0 Å². The lowest BCUT2D eigenvalue weighted by Gasteiger charge is -2.03. The molecule has 0 fully saturated rings. The highest BCUT2D eigenvalue weighted by Crippen LogP contribution is 2.06. The Morgan fingerprint density at radius 2 is 1.83 bits per heavy atom. The van der Waals surface area contributed by atoms with E-state index >= 15 is 0 Å². The monoisotopic (exact) mass is 172 g/mol. The molecular formula is C7H7BF2O2. The van der Waals surface area contributed by atoms with Crippen LogP contribution < -0.4 is 5.46 Å². The van der Waals surface area contributed by atoms with Gasteiger partial charge < -0.3 is 10.0 Å². The molecule has 0 aliphatic carbocycles. The van der Waals surface area contributed by atoms with Crippen LogP contribution >= 0.6 is 0 Å². The van der Waals surface area contributed by atoms with Gasteiger partial charge in [-0.15, -0.1) is 0 Å². The molecule has 64 valence electrons. The zero-order chi connectivity index (χ0) is 9.30. The van der Waals surface area contributed by atoms with Crippen molar-refractivity contribution in [1.29, 1.82) is 0 Å². The second-order valence-corrected chi connectivity index (χ2v) is 2.50. The molecule has 5 heteroatoms. The van der Waals surface area contributed by atoms with Crippen LogP contribution in [0.1, 0.15) is 5.56 Å². The van der Waals surface area contributed by atoms with Crippen LogP contribution in [-0.4, -0.2) is 17.2 Å². The molecule has 0 unspecified atom stereocenters. The second-order valence-electron chi connectivity index (χ2n) is 2.50. The first-order chi connectivity index (χ1) is 5.52. The molecule has 0 atom stereocenters. The maximum atomic E-state index is 12.9. The highest BCUT2D eigenvalue weighted by molar-refractivity contribution is 6.58. The molecule has 12 heavy (non-hydrogen) atoms. The van der Waals surface area contributed by atoms with Crippen LogP contribution in [0.5, 0.6) is 0 Å². The smallest absolute Gasteiger partial charge is 0.423 e. The maximum Gasteiger partial charge on any atom is 0.491 e. The normalized spacial score (nSPS) is 10.1. The summed E-state index contributed by atoms with van der Waals surface area (Å²) in [7, 11) is -1.97. The van der Waals surface area contributed by atoms with E-state index in [-0.39, 0.29) is 5.56 Å². The first-order valence-electron chi connectivity index (χ1n) is 3.34. The van der Waals surface area contributed by atoms with Crippen molar-refractivity contribution < 1.29 is 18.8 Å². The lowest BCUT2D eigenvalue weighted by Crippen LogP contribution is -2.33. The van der Waals surface area contributed by atoms with E-state index in [0.717, 1.165) is 12.1 Å². The fourth-order valence-corrected chi connectivity index (χ4v) is 0.939. The van der Waals surface area contributed by atoms with Crippen molar-refractivity contribution in [2.75, 3.05) is 0 Å². The quantitative estimate of drug-likeness (QED) is 0.583. The largest absolute Gasteiger partial charge is 0.491 e. The van der Waals surface area contributed by atoms with E-state index < -0.39 is 24.2 Å². The Hall–Kier alpha value is -0.935. The summed E-state index contributed by atoms with van der Waals surface area (Å²) in [4.78, 5) is 0. The van der Waals surface area contributed by atoms with Gasteiger partial charge in [-0.05, 0) is 24.6 Å². The van der Waals surface area contributed by atoms with Crippen molar-refractivity contribution in [3.05, 3.63) is 29.3 Å². The fraction of sp³-hybridized carbons (Fsp3) is 0.143. The van der Waals surface area contributed by atoms with Crippen LogP contribution in [0.15, 0.2) is 12.1 Å². The molecule has 1 rings (SSSR count). The van der Waals surface area contributed by atoms with Gasteiger partial charge in [-0.25, -0.2) is 8.78 Å². The van der Waals surface area contributed by atoms with E-state index in [4.69, 9.17) is 10.0 Å². The predicted octanol–water partition coefficient (Wildman–Crippen LogP) is -0.0470. The minimum Gasteiger partial charge on any atom is -0.423 e. The topological polar surface area (TPSA) is 40.5 Å². The van der Waals surface area contributed by atoms with Gasteiger partial charge in [0, 0.05) is 5.46 Å². The summed E-state index contributed by atoms with van der Waals surface area (Å²) in [5.74, 6) is -1.47. The zero-order valence-electron chi connectivity index (χ0n) is 6.38. The summed E-state index contributed by atoms with van der Waals surface area (Å²) in [6.07, 6.45) is 0. The molecule has 1 aromatic carbocycles. The lowest BCUT2D eigenvalue weighted by atomic mass is 9.79. The number of aryl methyl sites for hydroxylation is 1. The molecule has 0 spiro atoms. The molecular weight excluding hydrogens is 165 g/mol. The van der Waals surface area contributed by atoms with Crippen LogP contribution in [0.4, 0.5) is 8.78 Å². The highest BCUT2D eigenvalue weighted by Gasteiger charge is 2.18. The third-order valence-corrected chi connectivity index (χ3v) is 1.53. The van der Waals surface area contributed by atoms with Crippen molar-refractivity contribution in [3.63, 3.8) is 0 Å². The second kappa shape index (κ2) is 3.20. The molecule has 1 aromatic rings. The molecule has 0 saturated carbocycles. The minimum atomic E-state index is -1.97. The Kier molecular flexibility index (Phi) is 2.44. The summed E-state index contributed by atoms with van der Waals surface area (Å²) >= 11 is 0. The van der Waals surface area contributed by atoms with Crippen LogP contribution in [0.2, 0.25) is 0 Å². The van der Waals surface area contributed by atoms with Crippen molar-refractivity contribution in [2.24, 2.45) is 0 Å². The average molecular weight is 172 g/mol. The van der Waals surface area contributed by atoms with Gasteiger partial charge >= 0.3 is 7.12 Å². The first kappa shape index (κ1) is 9.16. The van der Waals surface area contributed by atoms with E-state index in [9.17, 15) is 8.78 Å². The number of halogens is 2. The first-order valence-corrected chi connectivity index (χ1v) is 3.34. The van der Waals surface area contributed by atoms with Gasteiger partial charge in [0.1, 0.15) is 11.6 Å². The third kappa shape index (κ3) is 1.62. The summed E-state index contributed by atoms with van der Waals surface area (Å²) in [6.45, 7) is 1.35. The number of rotatable bonds is 1. The summed E-state index contributed by atoms with van der Waals surface area (Å²) < 4.78 is 25.5. The summed E-state index contributed by atoms with van der Waals surface area (Å²) in [5, 5.41) is 17.2. The molecule has 0 heterocycles. The van der Waals surface area contributed by atoms with Gasteiger partial charge in [0.15, 0.2) is 0 Å². The van der Waals surface area contributed by atoms with Crippen molar-refractivity contribution in [2.45, 2.75) is 6.92 Å². The van der Waals surface area contributed by atoms with Gasteiger partial charge in [-0.1, -0.05) is 0 Å². The van der Waals surface area contributed by atoms with Gasteiger partial charge in [0.25, 0.3) is 0 Å².